The lowest BCUT2D eigenvalue weighted by atomic mass is 9.33. The van der Waals surface area contributed by atoms with Crippen LogP contribution >= 0.6 is 0 Å². The zero-order valence-corrected chi connectivity index (χ0v) is 42.8. The third kappa shape index (κ3) is 8.22. The van der Waals surface area contributed by atoms with Crippen LogP contribution in [0.4, 0.5) is 34.1 Å². The van der Waals surface area contributed by atoms with Crippen LogP contribution < -0.4 is 26.2 Å². The lowest BCUT2D eigenvalue weighted by molar-refractivity contribution is 0.590. The summed E-state index contributed by atoms with van der Waals surface area (Å²) in [5.41, 5.74) is 24.3. The summed E-state index contributed by atoms with van der Waals surface area (Å²) in [5, 5.41) is 0. The van der Waals surface area contributed by atoms with Gasteiger partial charge in [-0.25, -0.2) is 0 Å². The number of benzene rings is 7. The van der Waals surface area contributed by atoms with Crippen molar-refractivity contribution in [3.8, 4) is 22.3 Å². The fraction of sp³-hybridized carbons (Fsp3) is 0.333. The first kappa shape index (κ1) is 45.4. The van der Waals surface area contributed by atoms with Gasteiger partial charge >= 0.3 is 0 Å². The Balaban J connectivity index is 1.35. The highest BCUT2D eigenvalue weighted by Gasteiger charge is 2.44. The van der Waals surface area contributed by atoms with Gasteiger partial charge in [-0.2, -0.15) is 0 Å². The molecule has 0 amide bonds. The maximum Gasteiger partial charge on any atom is 0.252 e. The number of rotatable bonds is 4. The predicted molar refractivity (Wildman–Crippen MR) is 290 cm³/mol. The Labute approximate surface area is 398 Å². The zero-order chi connectivity index (χ0) is 47.5. The first-order chi connectivity index (χ1) is 30.8. The molecule has 3 heteroatoms. The molecular weight excluding hydrogens is 796 g/mol. The molecule has 0 aromatic heterocycles. The minimum atomic E-state index is -0.0344. The van der Waals surface area contributed by atoms with Gasteiger partial charge in [0.15, 0.2) is 0 Å². The number of fused-ring (bicyclic) bond motifs is 4. The van der Waals surface area contributed by atoms with Gasteiger partial charge in [0.2, 0.25) is 0 Å². The van der Waals surface area contributed by atoms with Crippen LogP contribution in [0.3, 0.4) is 0 Å². The molecule has 2 nitrogen and oxygen atoms in total. The van der Waals surface area contributed by atoms with Crippen LogP contribution in [-0.2, 0) is 27.1 Å². The molecule has 0 bridgehead atoms. The molecule has 2 heterocycles. The molecule has 0 unspecified atom stereocenters. The normalized spacial score (nSPS) is 14.0. The van der Waals surface area contributed by atoms with Crippen molar-refractivity contribution in [2.45, 2.75) is 138 Å². The highest BCUT2D eigenvalue weighted by Crippen LogP contribution is 2.47. The van der Waals surface area contributed by atoms with Gasteiger partial charge in [0, 0.05) is 34.1 Å². The van der Waals surface area contributed by atoms with E-state index < -0.39 is 0 Å². The summed E-state index contributed by atoms with van der Waals surface area (Å²) in [6, 6.07) is 54.7. The molecule has 0 atom stereocenters. The third-order valence-electron chi connectivity index (χ3n) is 14.3. The average Bonchev–Trinajstić information content (AvgIpc) is 3.24. The Morgan fingerprint density at radius 2 is 0.636 bits per heavy atom. The van der Waals surface area contributed by atoms with Crippen molar-refractivity contribution in [3.05, 3.63) is 173 Å². The van der Waals surface area contributed by atoms with Crippen molar-refractivity contribution in [1.82, 2.24) is 0 Å². The first-order valence-electron chi connectivity index (χ1n) is 24.3. The van der Waals surface area contributed by atoms with Gasteiger partial charge in [-0.05, 0) is 161 Å². The number of aryl methyl sites for hydroxylation is 1. The number of hydrogen-bond donors (Lipinski definition) is 0. The molecule has 66 heavy (non-hydrogen) atoms. The monoisotopic (exact) mass is 867 g/mol. The molecule has 7 aromatic rings. The summed E-state index contributed by atoms with van der Waals surface area (Å²) < 4.78 is 0. The van der Waals surface area contributed by atoms with E-state index >= 15 is 0 Å². The molecule has 7 aromatic carbocycles. The first-order valence-corrected chi connectivity index (χ1v) is 24.3. The van der Waals surface area contributed by atoms with Gasteiger partial charge in [0.05, 0.1) is 0 Å². The summed E-state index contributed by atoms with van der Waals surface area (Å²) in [6.45, 7) is 37.0. The largest absolute Gasteiger partial charge is 0.311 e. The fourth-order valence-electron chi connectivity index (χ4n) is 10.1. The van der Waals surface area contributed by atoms with Crippen molar-refractivity contribution in [1.29, 1.82) is 0 Å². The molecule has 0 N–H and O–H groups in total. The summed E-state index contributed by atoms with van der Waals surface area (Å²) in [6.07, 6.45) is 0. The minimum absolute atomic E-state index is 0.0194. The zero-order valence-electron chi connectivity index (χ0n) is 42.8. The Kier molecular flexibility index (Phi) is 10.8. The maximum atomic E-state index is 2.60. The number of anilines is 6. The highest BCUT2D eigenvalue weighted by molar-refractivity contribution is 7.00. The molecule has 0 fully saturated rings. The van der Waals surface area contributed by atoms with Crippen LogP contribution in [0.2, 0.25) is 0 Å². The second kappa shape index (κ2) is 15.7. The second-order valence-corrected chi connectivity index (χ2v) is 24.6. The van der Waals surface area contributed by atoms with Crippen LogP contribution in [0, 0.1) is 6.92 Å². The van der Waals surface area contributed by atoms with E-state index in [1.165, 1.54) is 100 Å². The van der Waals surface area contributed by atoms with E-state index in [-0.39, 0.29) is 33.8 Å². The Bertz CT molecular complexity index is 2900. The quantitative estimate of drug-likeness (QED) is 0.163. The van der Waals surface area contributed by atoms with E-state index in [0.29, 0.717) is 0 Å². The molecule has 2 aliphatic heterocycles. The van der Waals surface area contributed by atoms with E-state index in [0.717, 1.165) is 5.69 Å². The topological polar surface area (TPSA) is 6.48 Å². The third-order valence-corrected chi connectivity index (χ3v) is 14.3. The lowest BCUT2D eigenvalue weighted by Crippen LogP contribution is -2.61. The average molecular weight is 867 g/mol. The summed E-state index contributed by atoms with van der Waals surface area (Å²) in [4.78, 5) is 5.16. The smallest absolute Gasteiger partial charge is 0.252 e. The van der Waals surface area contributed by atoms with Crippen molar-refractivity contribution < 1.29 is 0 Å². The standard InChI is InChI=1S/C63H71BN2/c1-40-33-56-58-57(34-40)66(51-36-43(41-17-21-45(22-18-41)59(2,3)4)35-44(37-51)42-19-23-46(24-20-42)60(5,6)7)55-32-28-49(63(14,15)16)39-53(55)64(58)52-38-48(62(11,12)13)27-31-54(52)65(56)50-29-25-47(26-30-50)61(8,9)10/h17-39H,1-16H3. The van der Waals surface area contributed by atoms with E-state index in [1.54, 1.807) is 0 Å². The van der Waals surface area contributed by atoms with Gasteiger partial charge in [0.25, 0.3) is 6.71 Å². The van der Waals surface area contributed by atoms with Crippen molar-refractivity contribution >= 4 is 57.2 Å². The van der Waals surface area contributed by atoms with E-state index in [4.69, 9.17) is 0 Å². The van der Waals surface area contributed by atoms with Crippen LogP contribution in [0.1, 0.15) is 137 Å². The summed E-state index contributed by atoms with van der Waals surface area (Å²) in [7, 11) is 0. The predicted octanol–water partition coefficient (Wildman–Crippen LogP) is 15.9. The van der Waals surface area contributed by atoms with Crippen molar-refractivity contribution in [3.63, 3.8) is 0 Å². The minimum Gasteiger partial charge on any atom is -0.311 e. The highest BCUT2D eigenvalue weighted by atomic mass is 15.2. The van der Waals surface area contributed by atoms with E-state index in [1.807, 2.05) is 0 Å². The number of nitrogens with zero attached hydrogens (tertiary/aromatic N) is 2. The second-order valence-electron chi connectivity index (χ2n) is 24.6. The molecule has 0 saturated carbocycles. The van der Waals surface area contributed by atoms with Crippen LogP contribution in [0.5, 0.6) is 0 Å². The molecule has 0 radical (unpaired) electrons. The van der Waals surface area contributed by atoms with Crippen molar-refractivity contribution in [2.24, 2.45) is 0 Å². The van der Waals surface area contributed by atoms with Gasteiger partial charge in [-0.15, -0.1) is 0 Å². The fourth-order valence-corrected chi connectivity index (χ4v) is 10.1. The molecule has 0 aliphatic carbocycles. The van der Waals surface area contributed by atoms with Gasteiger partial charge in [0.1, 0.15) is 0 Å². The molecule has 2 aliphatic rings. The van der Waals surface area contributed by atoms with Gasteiger partial charge < -0.3 is 9.80 Å². The maximum absolute atomic E-state index is 2.60. The molecule has 9 rings (SSSR count). The van der Waals surface area contributed by atoms with E-state index in [2.05, 4.69) is 260 Å². The number of hydrogen-bond acceptors (Lipinski definition) is 2. The Morgan fingerprint density at radius 3 is 1.00 bits per heavy atom. The summed E-state index contributed by atoms with van der Waals surface area (Å²) >= 11 is 0. The summed E-state index contributed by atoms with van der Waals surface area (Å²) in [5.74, 6) is 0. The van der Waals surface area contributed by atoms with Crippen LogP contribution in [0.25, 0.3) is 22.3 Å². The SMILES string of the molecule is Cc1cc2c3c(c1)N(c1cc(-c4ccc(C(C)(C)C)cc4)cc(-c4ccc(C(C)(C)C)cc4)c1)c1ccc(C(C)(C)C)cc1B3c1cc(C(C)(C)C)ccc1N2c1ccc(C(C)(C)C)cc1. The van der Waals surface area contributed by atoms with E-state index in [9.17, 15) is 0 Å². The molecule has 336 valence electrons. The molecule has 0 saturated heterocycles. The van der Waals surface area contributed by atoms with Crippen molar-refractivity contribution in [2.75, 3.05) is 9.80 Å². The van der Waals surface area contributed by atoms with Crippen LogP contribution in [-0.4, -0.2) is 6.71 Å². The Hall–Kier alpha value is -5.80. The van der Waals surface area contributed by atoms with Gasteiger partial charge in [-0.1, -0.05) is 189 Å². The molecule has 0 spiro atoms. The van der Waals surface area contributed by atoms with Crippen LogP contribution in [0.15, 0.2) is 140 Å². The van der Waals surface area contributed by atoms with Gasteiger partial charge in [-0.3, -0.25) is 0 Å². The Morgan fingerprint density at radius 1 is 0.303 bits per heavy atom. The lowest BCUT2D eigenvalue weighted by Gasteiger charge is -2.45. The molecular formula is C63H71BN2.